The molecule has 0 amide bonds. The zero-order chi connectivity index (χ0) is 25.0. The first-order valence-electron chi connectivity index (χ1n) is 12.7. The third-order valence-corrected chi connectivity index (χ3v) is 7.55. The summed E-state index contributed by atoms with van der Waals surface area (Å²) in [7, 11) is 0. The largest absolute Gasteiger partial charge is 1.00 e. The molecule has 7 heteroatoms. The Morgan fingerprint density at radius 2 is 1.91 bits per heavy atom. The van der Waals surface area contributed by atoms with Gasteiger partial charge >= 0.3 is 29.6 Å². The van der Waals surface area contributed by atoms with Crippen molar-refractivity contribution in [2.45, 2.75) is 96.9 Å². The second-order valence-electron chi connectivity index (χ2n) is 10.4. The molecule has 1 saturated carbocycles. The summed E-state index contributed by atoms with van der Waals surface area (Å²) in [6.45, 7) is 10.8. The van der Waals surface area contributed by atoms with E-state index in [-0.39, 0.29) is 54.6 Å². The summed E-state index contributed by atoms with van der Waals surface area (Å²) >= 11 is 0. The molecule has 0 aromatic rings. The van der Waals surface area contributed by atoms with Gasteiger partial charge in [-0.2, -0.15) is 0 Å². The summed E-state index contributed by atoms with van der Waals surface area (Å²) in [4.78, 5) is 10.9. The van der Waals surface area contributed by atoms with Gasteiger partial charge in [0.05, 0.1) is 24.4 Å². The van der Waals surface area contributed by atoms with E-state index in [1.165, 1.54) is 11.1 Å². The number of carboxylic acids is 1. The van der Waals surface area contributed by atoms with E-state index in [1.807, 2.05) is 6.08 Å². The molecular formula is C28H41NaO6. The number of hydrogen-bond donors (Lipinski definition) is 2. The molecule has 2 heterocycles. The summed E-state index contributed by atoms with van der Waals surface area (Å²) < 4.78 is 12.0. The predicted octanol–water partition coefficient (Wildman–Crippen LogP) is 0.100. The summed E-state index contributed by atoms with van der Waals surface area (Å²) in [5, 5.41) is 31.2. The Hall–Kier alpha value is -0.730. The molecule has 3 aliphatic rings. The van der Waals surface area contributed by atoms with Crippen molar-refractivity contribution < 1.29 is 59.1 Å². The number of aliphatic hydroxyl groups is 2. The standard InChI is InChI=1S/C28H42O6.Na/c1-6-24-17(3)8-11-25(34-24)18(4)13-16(2)7-9-21-19(5)22(21)10-12-26-28(32)23(29)14-20(33-26)15-27(30)31;/h7-10,12-13,16,19-26,28-29,32H,6,11,14-15H2,1-5H3,(H,30,31);/q;+1/p-1/b9-7+,12-10+,18-13+;/t16-,19-,20+,21+,22+,23+,24-,25-,26?,28-;/m1./s1. The molecule has 0 spiro atoms. The Morgan fingerprint density at radius 3 is 2.57 bits per heavy atom. The summed E-state index contributed by atoms with van der Waals surface area (Å²) in [5.41, 5.74) is 2.60. The summed E-state index contributed by atoms with van der Waals surface area (Å²) in [5.74, 6) is 0.315. The predicted molar refractivity (Wildman–Crippen MR) is 130 cm³/mol. The number of carbonyl (C=O) groups is 1. The number of ether oxygens (including phenoxy) is 2. The number of rotatable bonds is 9. The molecule has 3 rings (SSSR count). The van der Waals surface area contributed by atoms with Crippen LogP contribution in [0.15, 0.2) is 47.6 Å². The fraction of sp³-hybridized carbons (Fsp3) is 0.679. The van der Waals surface area contributed by atoms with Gasteiger partial charge in [-0.15, -0.1) is 0 Å². The van der Waals surface area contributed by atoms with E-state index in [0.29, 0.717) is 23.7 Å². The monoisotopic (exact) mass is 496 g/mol. The third-order valence-electron chi connectivity index (χ3n) is 7.55. The van der Waals surface area contributed by atoms with Gasteiger partial charge in [-0.3, -0.25) is 0 Å². The molecular weight excluding hydrogens is 455 g/mol. The normalized spacial score (nSPS) is 38.8. The maximum absolute atomic E-state index is 10.9. The molecule has 2 aliphatic heterocycles. The van der Waals surface area contributed by atoms with Gasteiger partial charge in [0.1, 0.15) is 12.2 Å². The quantitative estimate of drug-likeness (QED) is 0.347. The van der Waals surface area contributed by atoms with Gasteiger partial charge in [0, 0.05) is 18.8 Å². The van der Waals surface area contributed by atoms with Crippen LogP contribution in [0.3, 0.4) is 0 Å². The van der Waals surface area contributed by atoms with Crippen LogP contribution < -0.4 is 34.7 Å². The smallest absolute Gasteiger partial charge is 0.550 e. The number of hydrogen-bond acceptors (Lipinski definition) is 6. The Balaban J connectivity index is 0.00000432. The topological polar surface area (TPSA) is 99.1 Å². The van der Waals surface area contributed by atoms with Gasteiger partial charge in [0.15, 0.2) is 0 Å². The van der Waals surface area contributed by atoms with E-state index in [1.54, 1.807) is 6.08 Å². The van der Waals surface area contributed by atoms with E-state index in [4.69, 9.17) is 9.47 Å². The Kier molecular flexibility index (Phi) is 11.9. The Labute approximate surface area is 232 Å². The van der Waals surface area contributed by atoms with Crippen molar-refractivity contribution in [3.8, 4) is 0 Å². The number of allylic oxidation sites excluding steroid dienone is 4. The van der Waals surface area contributed by atoms with Crippen molar-refractivity contribution in [1.29, 1.82) is 0 Å². The van der Waals surface area contributed by atoms with Crippen molar-refractivity contribution >= 4 is 5.97 Å². The molecule has 10 atom stereocenters. The summed E-state index contributed by atoms with van der Waals surface area (Å²) in [6.07, 6.45) is 11.6. The third kappa shape index (κ3) is 8.39. The van der Waals surface area contributed by atoms with E-state index < -0.39 is 30.4 Å². The van der Waals surface area contributed by atoms with Gasteiger partial charge in [0.2, 0.25) is 0 Å². The van der Waals surface area contributed by atoms with E-state index >= 15 is 0 Å². The van der Waals surface area contributed by atoms with Gasteiger partial charge in [-0.05, 0) is 61.5 Å². The molecule has 6 nitrogen and oxygen atoms in total. The summed E-state index contributed by atoms with van der Waals surface area (Å²) in [6, 6.07) is 0. The zero-order valence-electron chi connectivity index (χ0n) is 22.1. The van der Waals surface area contributed by atoms with Crippen LogP contribution in [0, 0.1) is 23.7 Å². The van der Waals surface area contributed by atoms with Crippen LogP contribution in [0.4, 0.5) is 0 Å². The zero-order valence-corrected chi connectivity index (χ0v) is 24.1. The molecule has 2 fully saturated rings. The Bertz CT molecular complexity index is 833. The maximum atomic E-state index is 10.9. The molecule has 1 aliphatic carbocycles. The van der Waals surface area contributed by atoms with Crippen LogP contribution >= 0.6 is 0 Å². The molecule has 35 heavy (non-hydrogen) atoms. The average molecular weight is 497 g/mol. The molecule has 0 bridgehead atoms. The SMILES string of the molecule is CC[C@H]1O[C@@H](/C(C)=C/[C@H](C)/C=C/[C@H]2[C@@H](C)[C@@H]2/C=C/C2O[C@H](CC(=O)[O-])C[C@H](O)[C@H]2O)CC=C1C.[Na+]. The van der Waals surface area contributed by atoms with Gasteiger partial charge in [-0.1, -0.05) is 57.2 Å². The minimum atomic E-state index is -1.22. The van der Waals surface area contributed by atoms with Gasteiger partial charge in [-0.25, -0.2) is 0 Å². The fourth-order valence-corrected chi connectivity index (χ4v) is 5.21. The number of carboxylic acid groups (broad SMARTS) is 1. The molecule has 0 radical (unpaired) electrons. The van der Waals surface area contributed by atoms with Crippen LogP contribution in [-0.2, 0) is 14.3 Å². The fourth-order valence-electron chi connectivity index (χ4n) is 5.21. The molecule has 190 valence electrons. The van der Waals surface area contributed by atoms with Crippen LogP contribution in [-0.4, -0.2) is 52.8 Å². The van der Waals surface area contributed by atoms with Crippen molar-refractivity contribution in [2.75, 3.05) is 0 Å². The van der Waals surface area contributed by atoms with Crippen molar-refractivity contribution in [2.24, 2.45) is 23.7 Å². The molecule has 1 unspecified atom stereocenters. The number of aliphatic hydroxyl groups excluding tert-OH is 2. The van der Waals surface area contributed by atoms with Crippen molar-refractivity contribution in [3.05, 3.63) is 47.6 Å². The number of aliphatic carboxylic acids is 1. The van der Waals surface area contributed by atoms with E-state index in [2.05, 4.69) is 58.9 Å². The Morgan fingerprint density at radius 1 is 1.23 bits per heavy atom. The van der Waals surface area contributed by atoms with Crippen molar-refractivity contribution in [1.82, 2.24) is 0 Å². The first kappa shape index (κ1) is 30.5. The van der Waals surface area contributed by atoms with Crippen LogP contribution in [0.1, 0.15) is 60.3 Å². The van der Waals surface area contributed by atoms with Crippen molar-refractivity contribution in [3.63, 3.8) is 0 Å². The average Bonchev–Trinajstić information content (AvgIpc) is 3.40. The first-order chi connectivity index (χ1) is 16.1. The van der Waals surface area contributed by atoms with Crippen LogP contribution in [0.2, 0.25) is 0 Å². The molecule has 0 aromatic heterocycles. The van der Waals surface area contributed by atoms with E-state index in [0.717, 1.165) is 12.8 Å². The first-order valence-corrected chi connectivity index (χ1v) is 12.7. The minimum Gasteiger partial charge on any atom is -0.550 e. The molecule has 0 aromatic carbocycles. The minimum absolute atomic E-state index is 0. The number of carbonyl (C=O) groups excluding carboxylic acids is 1. The second kappa shape index (κ2) is 13.7. The molecule has 2 N–H and O–H groups in total. The van der Waals surface area contributed by atoms with Crippen LogP contribution in [0.5, 0.6) is 0 Å². The maximum Gasteiger partial charge on any atom is 1.00 e. The molecule has 1 saturated heterocycles. The van der Waals surface area contributed by atoms with E-state index in [9.17, 15) is 20.1 Å². The van der Waals surface area contributed by atoms with Gasteiger partial charge < -0.3 is 29.6 Å². The van der Waals surface area contributed by atoms with Gasteiger partial charge in [0.25, 0.3) is 0 Å². The van der Waals surface area contributed by atoms with Crippen LogP contribution in [0.25, 0.3) is 0 Å². The second-order valence-corrected chi connectivity index (χ2v) is 10.4.